The number of amides is 1. The second-order valence-corrected chi connectivity index (χ2v) is 7.22. The van der Waals surface area contributed by atoms with Crippen LogP contribution in [-0.2, 0) is 28.8 Å². The first-order chi connectivity index (χ1) is 15.0. The Labute approximate surface area is 183 Å². The van der Waals surface area contributed by atoms with Crippen LogP contribution in [0.5, 0.6) is 5.88 Å². The van der Waals surface area contributed by atoms with Crippen molar-refractivity contribution in [3.8, 4) is 18.2 Å². The lowest BCUT2D eigenvalue weighted by Crippen LogP contribution is -2.23. The van der Waals surface area contributed by atoms with Crippen molar-refractivity contribution in [1.29, 1.82) is 0 Å². The molecule has 2 aromatic rings. The van der Waals surface area contributed by atoms with Crippen molar-refractivity contribution in [2.24, 2.45) is 0 Å². The van der Waals surface area contributed by atoms with E-state index in [1.165, 1.54) is 20.2 Å². The molecule has 0 saturated carbocycles. The van der Waals surface area contributed by atoms with Crippen molar-refractivity contribution in [2.45, 2.75) is 12.7 Å². The largest absolute Gasteiger partial charge is 0.481 e. The van der Waals surface area contributed by atoms with Gasteiger partial charge in [0.05, 0.1) is 18.2 Å². The molecular formula is C20H17F4N3O4S. The Bertz CT molecular complexity index is 1110. The van der Waals surface area contributed by atoms with Gasteiger partial charge in [0.25, 0.3) is 11.3 Å². The van der Waals surface area contributed by atoms with Gasteiger partial charge in [-0.2, -0.15) is 13.2 Å². The standard InChI is InChI=1S/C20H17F4N3O4S/c1-4-13-7-12(8-16(21)19(13)27(2)32(29)30)10-25-17(28)6-5-14-11-26-18(31-3)9-15(14)20(22,23)24/h1,5-9,11H,10H2,2-3H3,(H,25,28)(H,29,30). The Morgan fingerprint density at radius 1 is 1.41 bits per heavy atom. The first-order valence-corrected chi connectivity index (χ1v) is 9.75. The molecule has 1 heterocycles. The predicted molar refractivity (Wildman–Crippen MR) is 110 cm³/mol. The van der Waals surface area contributed by atoms with Gasteiger partial charge in [0.1, 0.15) is 11.5 Å². The summed E-state index contributed by atoms with van der Waals surface area (Å²) in [5, 5.41) is 2.39. The minimum Gasteiger partial charge on any atom is -0.481 e. The number of benzene rings is 1. The lowest BCUT2D eigenvalue weighted by Gasteiger charge is -2.17. The van der Waals surface area contributed by atoms with Crippen molar-refractivity contribution < 1.29 is 35.9 Å². The van der Waals surface area contributed by atoms with Crippen LogP contribution in [0.2, 0.25) is 0 Å². The van der Waals surface area contributed by atoms with E-state index in [4.69, 9.17) is 11.0 Å². The average molecular weight is 471 g/mol. The van der Waals surface area contributed by atoms with E-state index >= 15 is 0 Å². The molecule has 0 bridgehead atoms. The number of hydrogen-bond acceptors (Lipinski definition) is 4. The number of hydrogen-bond donors (Lipinski definition) is 2. The Balaban J connectivity index is 2.17. The second-order valence-electron chi connectivity index (χ2n) is 6.21. The summed E-state index contributed by atoms with van der Waals surface area (Å²) in [4.78, 5) is 15.7. The van der Waals surface area contributed by atoms with Gasteiger partial charge in [-0.15, -0.1) is 6.42 Å². The molecule has 1 atom stereocenters. The third-order valence-corrected chi connectivity index (χ3v) is 4.78. The van der Waals surface area contributed by atoms with Crippen molar-refractivity contribution in [1.82, 2.24) is 10.3 Å². The monoisotopic (exact) mass is 471 g/mol. The van der Waals surface area contributed by atoms with Gasteiger partial charge in [-0.1, -0.05) is 5.92 Å². The lowest BCUT2D eigenvalue weighted by molar-refractivity contribution is -0.138. The molecule has 0 fully saturated rings. The van der Waals surface area contributed by atoms with Gasteiger partial charge in [0.15, 0.2) is 0 Å². The molecule has 1 aromatic carbocycles. The molecule has 0 spiro atoms. The molecule has 1 unspecified atom stereocenters. The Hall–Kier alpha value is -3.43. The number of carbonyl (C=O) groups excluding carboxylic acids is 1. The molecule has 170 valence electrons. The van der Waals surface area contributed by atoms with E-state index < -0.39 is 34.7 Å². The van der Waals surface area contributed by atoms with Gasteiger partial charge in [-0.25, -0.2) is 13.6 Å². The summed E-state index contributed by atoms with van der Waals surface area (Å²) in [6.07, 6.45) is 3.37. The Morgan fingerprint density at radius 3 is 2.66 bits per heavy atom. The zero-order valence-electron chi connectivity index (χ0n) is 16.7. The Kier molecular flexibility index (Phi) is 7.96. The molecule has 0 aliphatic carbocycles. The highest BCUT2D eigenvalue weighted by molar-refractivity contribution is 7.80. The molecule has 1 amide bonds. The van der Waals surface area contributed by atoms with E-state index in [1.807, 2.05) is 0 Å². The minimum absolute atomic E-state index is 0.0196. The molecule has 0 aliphatic heterocycles. The predicted octanol–water partition coefficient (Wildman–Crippen LogP) is 3.13. The maximum Gasteiger partial charge on any atom is 0.417 e. The summed E-state index contributed by atoms with van der Waals surface area (Å²) in [5.74, 6) is 0.327. The summed E-state index contributed by atoms with van der Waals surface area (Å²) in [5.41, 5.74) is -1.43. The normalized spacial score (nSPS) is 12.3. The number of aromatic nitrogens is 1. The zero-order valence-corrected chi connectivity index (χ0v) is 17.6. The van der Waals surface area contributed by atoms with Crippen LogP contribution in [0.3, 0.4) is 0 Å². The van der Waals surface area contributed by atoms with Crippen LogP contribution in [-0.4, -0.2) is 33.8 Å². The number of terminal acetylenes is 1. The Morgan fingerprint density at radius 2 is 2.09 bits per heavy atom. The van der Waals surface area contributed by atoms with Crippen molar-refractivity contribution >= 4 is 28.9 Å². The highest BCUT2D eigenvalue weighted by atomic mass is 32.2. The van der Waals surface area contributed by atoms with Gasteiger partial charge in [0, 0.05) is 37.5 Å². The molecule has 1 aromatic heterocycles. The van der Waals surface area contributed by atoms with E-state index in [-0.39, 0.29) is 34.8 Å². The number of ether oxygens (including phenoxy) is 1. The van der Waals surface area contributed by atoms with E-state index in [1.54, 1.807) is 0 Å². The third-order valence-electron chi connectivity index (χ3n) is 4.13. The van der Waals surface area contributed by atoms with Gasteiger partial charge < -0.3 is 10.1 Å². The van der Waals surface area contributed by atoms with Gasteiger partial charge >= 0.3 is 6.18 Å². The van der Waals surface area contributed by atoms with Gasteiger partial charge in [0.2, 0.25) is 11.8 Å². The van der Waals surface area contributed by atoms with Crippen LogP contribution < -0.4 is 14.4 Å². The molecule has 12 heteroatoms. The van der Waals surface area contributed by atoms with Crippen molar-refractivity contribution in [3.63, 3.8) is 0 Å². The first kappa shape index (κ1) is 24.8. The van der Waals surface area contributed by atoms with Crippen molar-refractivity contribution in [2.75, 3.05) is 18.5 Å². The van der Waals surface area contributed by atoms with Crippen LogP contribution >= 0.6 is 0 Å². The highest BCUT2D eigenvalue weighted by Crippen LogP contribution is 2.34. The number of methoxy groups -OCH3 is 1. The summed E-state index contributed by atoms with van der Waals surface area (Å²) in [6, 6.07) is 3.05. The fourth-order valence-electron chi connectivity index (χ4n) is 2.62. The molecule has 0 saturated heterocycles. The summed E-state index contributed by atoms with van der Waals surface area (Å²) >= 11 is -2.51. The van der Waals surface area contributed by atoms with Crippen LogP contribution in [0.1, 0.15) is 22.3 Å². The highest BCUT2D eigenvalue weighted by Gasteiger charge is 2.33. The SMILES string of the molecule is C#Cc1cc(CNC(=O)C=Cc2cnc(OC)cc2C(F)(F)F)cc(F)c1N(C)S(=O)O. The summed E-state index contributed by atoms with van der Waals surface area (Å²) < 4.78 is 79.7. The smallest absolute Gasteiger partial charge is 0.417 e. The number of pyridine rings is 1. The van der Waals surface area contributed by atoms with Crippen LogP contribution in [0.15, 0.2) is 30.5 Å². The number of rotatable bonds is 7. The number of carbonyl (C=O) groups is 1. The van der Waals surface area contributed by atoms with Crippen LogP contribution in [0, 0.1) is 18.2 Å². The van der Waals surface area contributed by atoms with E-state index in [0.29, 0.717) is 6.07 Å². The molecular weight excluding hydrogens is 454 g/mol. The number of halogens is 4. The third kappa shape index (κ3) is 6.05. The molecule has 0 aliphatic rings. The second kappa shape index (κ2) is 10.3. The summed E-state index contributed by atoms with van der Waals surface area (Å²) in [7, 11) is 2.35. The topological polar surface area (TPSA) is 91.8 Å². The van der Waals surface area contributed by atoms with E-state index in [9.17, 15) is 26.6 Å². The number of nitrogens with zero attached hydrogens (tertiary/aromatic N) is 2. The van der Waals surface area contributed by atoms with Crippen LogP contribution in [0.25, 0.3) is 6.08 Å². The van der Waals surface area contributed by atoms with Gasteiger partial charge in [-0.3, -0.25) is 13.7 Å². The quantitative estimate of drug-likeness (QED) is 0.280. The molecule has 32 heavy (non-hydrogen) atoms. The van der Waals surface area contributed by atoms with E-state index in [2.05, 4.69) is 21.0 Å². The summed E-state index contributed by atoms with van der Waals surface area (Å²) in [6.45, 7) is -0.200. The van der Waals surface area contributed by atoms with Gasteiger partial charge in [-0.05, 0) is 23.8 Å². The van der Waals surface area contributed by atoms with E-state index in [0.717, 1.165) is 28.7 Å². The fraction of sp³-hybridized carbons (Fsp3) is 0.200. The maximum absolute atomic E-state index is 14.4. The van der Waals surface area contributed by atoms with Crippen LogP contribution in [0.4, 0.5) is 23.2 Å². The fourth-order valence-corrected chi connectivity index (χ4v) is 2.96. The molecule has 2 N–H and O–H groups in total. The lowest BCUT2D eigenvalue weighted by atomic mass is 10.1. The molecule has 7 nitrogen and oxygen atoms in total. The maximum atomic E-state index is 14.4. The number of anilines is 1. The zero-order chi connectivity index (χ0) is 24.1. The number of alkyl halides is 3. The minimum atomic E-state index is -4.69. The number of nitrogens with one attached hydrogen (secondary N) is 1. The van der Waals surface area contributed by atoms with Crippen molar-refractivity contribution in [3.05, 3.63) is 58.5 Å². The first-order valence-electron chi connectivity index (χ1n) is 8.68. The molecule has 0 radical (unpaired) electrons. The average Bonchev–Trinajstić information content (AvgIpc) is 2.74. The molecule has 2 rings (SSSR count).